The highest BCUT2D eigenvalue weighted by Gasteiger charge is 2.25. The Bertz CT molecular complexity index is 1250. The van der Waals surface area contributed by atoms with Crippen LogP contribution in [0, 0.1) is 17.2 Å². The number of anilines is 1. The van der Waals surface area contributed by atoms with Crippen LogP contribution in [0.3, 0.4) is 0 Å². The molecule has 0 aromatic carbocycles. The summed E-state index contributed by atoms with van der Waals surface area (Å²) in [7, 11) is 0. The van der Waals surface area contributed by atoms with E-state index in [2.05, 4.69) is 28.6 Å². The maximum Gasteiger partial charge on any atom is 0.279 e. The van der Waals surface area contributed by atoms with Gasteiger partial charge >= 0.3 is 0 Å². The number of aryl methyl sites for hydroxylation is 2. The van der Waals surface area contributed by atoms with Gasteiger partial charge in [-0.3, -0.25) is 9.59 Å². The highest BCUT2D eigenvalue weighted by Crippen LogP contribution is 2.38. The normalized spacial score (nSPS) is 17.7. The fourth-order valence-corrected chi connectivity index (χ4v) is 6.88. The summed E-state index contributed by atoms with van der Waals surface area (Å²) in [6.07, 6.45) is 5.79. The van der Waals surface area contributed by atoms with Gasteiger partial charge in [0, 0.05) is 9.75 Å². The molecule has 2 aliphatic carbocycles. The van der Waals surface area contributed by atoms with Gasteiger partial charge < -0.3 is 5.32 Å². The Morgan fingerprint density at radius 1 is 1.28 bits per heavy atom. The van der Waals surface area contributed by atoms with Crippen molar-refractivity contribution < 1.29 is 4.79 Å². The minimum absolute atomic E-state index is 0.212. The molecule has 2 aliphatic rings. The average Bonchev–Trinajstić information content (AvgIpc) is 3.36. The molecule has 1 atom stereocenters. The molecule has 148 valence electrons. The van der Waals surface area contributed by atoms with Crippen LogP contribution in [0.15, 0.2) is 4.79 Å². The fourth-order valence-electron chi connectivity index (χ4n) is 4.31. The lowest BCUT2D eigenvalue weighted by atomic mass is 9.89. The first kappa shape index (κ1) is 18.5. The second-order valence-corrected chi connectivity index (χ2v) is 9.99. The number of amides is 1. The quantitative estimate of drug-likeness (QED) is 0.695. The van der Waals surface area contributed by atoms with Crippen molar-refractivity contribution in [3.63, 3.8) is 0 Å². The molecule has 3 aromatic rings. The summed E-state index contributed by atoms with van der Waals surface area (Å²) in [6, 6.07) is 2.22. The molecule has 3 heterocycles. The van der Waals surface area contributed by atoms with Crippen molar-refractivity contribution >= 4 is 43.8 Å². The maximum atomic E-state index is 13.0. The van der Waals surface area contributed by atoms with Gasteiger partial charge in [0.15, 0.2) is 4.83 Å². The lowest BCUT2D eigenvalue weighted by molar-refractivity contribution is -0.117. The number of rotatable bonds is 3. The molecular formula is C20H19N5O2S2. The number of nitriles is 1. The number of fused-ring (bicyclic) bond motifs is 4. The minimum atomic E-state index is -0.366. The standard InChI is InChI=1S/C20H19N5O2S2/c1-10-5-6-12-15(7-10)29-19-17(12)20(27)25(24-23-19)9-16(26)22-18-13(8-21)11-3-2-4-14(11)28-18/h10H,2-7,9H2,1H3,(H,22,26)/t10-/m0/s1. The predicted octanol–water partition coefficient (Wildman–Crippen LogP) is 3.04. The molecule has 0 radical (unpaired) electrons. The zero-order chi connectivity index (χ0) is 20.1. The Kier molecular flexibility index (Phi) is 4.48. The Hall–Kier alpha value is -2.57. The first-order chi connectivity index (χ1) is 14.0. The summed E-state index contributed by atoms with van der Waals surface area (Å²) in [5.74, 6) is 0.244. The van der Waals surface area contributed by atoms with E-state index < -0.39 is 0 Å². The molecule has 5 rings (SSSR count). The second kappa shape index (κ2) is 7.04. The van der Waals surface area contributed by atoms with Crippen LogP contribution in [0.5, 0.6) is 0 Å². The van der Waals surface area contributed by atoms with Crippen molar-refractivity contribution in [1.82, 2.24) is 15.0 Å². The first-order valence-electron chi connectivity index (χ1n) is 9.77. The zero-order valence-electron chi connectivity index (χ0n) is 15.9. The molecule has 0 spiro atoms. The van der Waals surface area contributed by atoms with Crippen LogP contribution in [-0.4, -0.2) is 20.9 Å². The Morgan fingerprint density at radius 2 is 2.14 bits per heavy atom. The topological polar surface area (TPSA) is 101 Å². The van der Waals surface area contributed by atoms with Crippen molar-refractivity contribution in [2.75, 3.05) is 5.32 Å². The largest absolute Gasteiger partial charge is 0.315 e. The van der Waals surface area contributed by atoms with Crippen LogP contribution in [0.25, 0.3) is 10.2 Å². The van der Waals surface area contributed by atoms with Gasteiger partial charge in [0.2, 0.25) is 5.91 Å². The van der Waals surface area contributed by atoms with Crippen molar-refractivity contribution in [2.45, 2.75) is 52.0 Å². The molecule has 0 bridgehead atoms. The minimum Gasteiger partial charge on any atom is -0.315 e. The molecule has 29 heavy (non-hydrogen) atoms. The smallest absolute Gasteiger partial charge is 0.279 e. The zero-order valence-corrected chi connectivity index (χ0v) is 17.6. The van der Waals surface area contributed by atoms with Crippen molar-refractivity contribution in [3.8, 4) is 6.07 Å². The number of carbonyl (C=O) groups excluding carboxylic acids is 1. The Labute approximate surface area is 175 Å². The van der Waals surface area contributed by atoms with Crippen molar-refractivity contribution in [1.29, 1.82) is 5.26 Å². The Morgan fingerprint density at radius 3 is 2.97 bits per heavy atom. The molecule has 1 amide bonds. The van der Waals surface area contributed by atoms with E-state index in [-0.39, 0.29) is 18.0 Å². The fraction of sp³-hybridized carbons (Fsp3) is 0.450. The van der Waals surface area contributed by atoms with Crippen molar-refractivity contribution in [2.24, 2.45) is 5.92 Å². The molecule has 0 saturated carbocycles. The highest BCUT2D eigenvalue weighted by molar-refractivity contribution is 7.18. The SMILES string of the molecule is C[C@H]1CCc2c(sc3nnn(CC(=O)Nc4sc5c(c4C#N)CCC5)c(=O)c23)C1. The summed E-state index contributed by atoms with van der Waals surface area (Å²) in [5.41, 5.74) is 2.45. The summed E-state index contributed by atoms with van der Waals surface area (Å²) in [4.78, 5) is 28.7. The number of nitrogens with one attached hydrogen (secondary N) is 1. The number of carbonyl (C=O) groups is 1. The van der Waals surface area contributed by atoms with E-state index >= 15 is 0 Å². The van der Waals surface area contributed by atoms with E-state index in [0.717, 1.165) is 54.3 Å². The summed E-state index contributed by atoms with van der Waals surface area (Å²) in [5, 5.41) is 21.7. The predicted molar refractivity (Wildman–Crippen MR) is 113 cm³/mol. The number of hydrogen-bond acceptors (Lipinski definition) is 7. The van der Waals surface area contributed by atoms with E-state index in [0.29, 0.717) is 26.7 Å². The van der Waals surface area contributed by atoms with Crippen LogP contribution >= 0.6 is 22.7 Å². The summed E-state index contributed by atoms with van der Waals surface area (Å²) < 4.78 is 1.13. The van der Waals surface area contributed by atoms with E-state index in [9.17, 15) is 14.9 Å². The van der Waals surface area contributed by atoms with Crippen LogP contribution in [0.4, 0.5) is 5.00 Å². The third-order valence-corrected chi connectivity index (χ3v) is 8.11. The molecule has 1 N–H and O–H groups in total. The van der Waals surface area contributed by atoms with Gasteiger partial charge in [-0.15, -0.1) is 27.8 Å². The third-order valence-electron chi connectivity index (χ3n) is 5.76. The van der Waals surface area contributed by atoms with Gasteiger partial charge in [0.25, 0.3) is 5.56 Å². The molecule has 3 aromatic heterocycles. The molecule has 0 unspecified atom stereocenters. The van der Waals surface area contributed by atoms with E-state index in [1.54, 1.807) is 11.3 Å². The maximum absolute atomic E-state index is 13.0. The number of aromatic nitrogens is 3. The number of nitrogens with zero attached hydrogens (tertiary/aromatic N) is 4. The van der Waals surface area contributed by atoms with Gasteiger partial charge in [-0.2, -0.15) is 5.26 Å². The number of hydrogen-bond donors (Lipinski definition) is 1. The lowest BCUT2D eigenvalue weighted by Crippen LogP contribution is -2.30. The monoisotopic (exact) mass is 425 g/mol. The second-order valence-electron chi connectivity index (χ2n) is 7.81. The van der Waals surface area contributed by atoms with Crippen molar-refractivity contribution in [3.05, 3.63) is 36.8 Å². The van der Waals surface area contributed by atoms with E-state index in [4.69, 9.17) is 0 Å². The summed E-state index contributed by atoms with van der Waals surface area (Å²) >= 11 is 3.01. The van der Waals surface area contributed by atoms with Gasteiger partial charge in [-0.1, -0.05) is 12.1 Å². The van der Waals surface area contributed by atoms with Gasteiger partial charge in [0.05, 0.1) is 10.9 Å². The van der Waals surface area contributed by atoms with Gasteiger partial charge in [-0.25, -0.2) is 4.68 Å². The van der Waals surface area contributed by atoms with Crippen LogP contribution < -0.4 is 10.9 Å². The molecular weight excluding hydrogens is 406 g/mol. The first-order valence-corrected chi connectivity index (χ1v) is 11.4. The van der Waals surface area contributed by atoms with Crippen LogP contribution in [-0.2, 0) is 37.0 Å². The molecule has 0 saturated heterocycles. The van der Waals surface area contributed by atoms with Crippen LogP contribution in [0.2, 0.25) is 0 Å². The summed E-state index contributed by atoms with van der Waals surface area (Å²) in [6.45, 7) is 2.01. The molecule has 0 aliphatic heterocycles. The van der Waals surface area contributed by atoms with E-state index in [1.165, 1.54) is 21.1 Å². The average molecular weight is 426 g/mol. The molecule has 7 nitrogen and oxygen atoms in total. The third kappa shape index (κ3) is 3.07. The number of thiophene rings is 2. The molecule has 0 fully saturated rings. The van der Waals surface area contributed by atoms with Gasteiger partial charge in [-0.05, 0) is 55.6 Å². The lowest BCUT2D eigenvalue weighted by Gasteiger charge is -2.17. The molecule has 9 heteroatoms. The van der Waals surface area contributed by atoms with Gasteiger partial charge in [0.1, 0.15) is 17.6 Å². The highest BCUT2D eigenvalue weighted by atomic mass is 32.1. The Balaban J connectivity index is 1.42. The van der Waals surface area contributed by atoms with E-state index in [1.807, 2.05) is 0 Å². The van der Waals surface area contributed by atoms with Crippen LogP contribution in [0.1, 0.15) is 46.2 Å².